The lowest BCUT2D eigenvalue weighted by Crippen LogP contribution is -1.97. The molecule has 2 aromatic rings. The Morgan fingerprint density at radius 2 is 1.94 bits per heavy atom. The van der Waals surface area contributed by atoms with Crippen LogP contribution in [0.15, 0.2) is 36.8 Å². The number of carboxylic acids is 1. The number of nitrogens with zero attached hydrogens (tertiary/aromatic N) is 2. The van der Waals surface area contributed by atoms with Gasteiger partial charge in [-0.2, -0.15) is 0 Å². The lowest BCUT2D eigenvalue weighted by molar-refractivity contribution is 0.0697. The van der Waals surface area contributed by atoms with Gasteiger partial charge in [-0.1, -0.05) is 13.8 Å². The normalized spacial score (nSPS) is 10.8. The molecule has 0 saturated carbocycles. The van der Waals surface area contributed by atoms with Crippen LogP contribution in [0.5, 0.6) is 0 Å². The lowest BCUT2D eigenvalue weighted by atomic mass is 10.1. The molecule has 0 bridgehead atoms. The molecule has 4 heteroatoms. The number of aromatic nitrogens is 2. The minimum Gasteiger partial charge on any atom is -0.478 e. The first-order chi connectivity index (χ1) is 8.08. The minimum atomic E-state index is -0.912. The van der Waals surface area contributed by atoms with Gasteiger partial charge in [-0.25, -0.2) is 9.78 Å². The molecule has 1 N–H and O–H groups in total. The van der Waals surface area contributed by atoms with E-state index in [4.69, 9.17) is 5.11 Å². The van der Waals surface area contributed by atoms with E-state index in [0.717, 1.165) is 11.4 Å². The van der Waals surface area contributed by atoms with E-state index in [-0.39, 0.29) is 5.56 Å². The maximum Gasteiger partial charge on any atom is 0.335 e. The summed E-state index contributed by atoms with van der Waals surface area (Å²) in [5.41, 5.74) is 2.22. The van der Waals surface area contributed by atoms with E-state index in [9.17, 15) is 4.79 Å². The first-order valence-corrected chi connectivity index (χ1v) is 5.45. The number of rotatable bonds is 3. The van der Waals surface area contributed by atoms with E-state index >= 15 is 0 Å². The maximum absolute atomic E-state index is 10.7. The van der Waals surface area contributed by atoms with Crippen LogP contribution >= 0.6 is 0 Å². The summed E-state index contributed by atoms with van der Waals surface area (Å²) in [6, 6.07) is 6.73. The van der Waals surface area contributed by atoms with Crippen molar-refractivity contribution in [2.75, 3.05) is 0 Å². The van der Waals surface area contributed by atoms with Crippen molar-refractivity contribution in [2.45, 2.75) is 19.8 Å². The molecule has 1 aromatic carbocycles. The summed E-state index contributed by atoms with van der Waals surface area (Å²) in [7, 11) is 0. The van der Waals surface area contributed by atoms with Crippen molar-refractivity contribution in [2.24, 2.45) is 0 Å². The molecule has 0 aliphatic carbocycles. The van der Waals surface area contributed by atoms with Gasteiger partial charge in [0.15, 0.2) is 0 Å². The summed E-state index contributed by atoms with van der Waals surface area (Å²) in [6.45, 7) is 4.17. The highest BCUT2D eigenvalue weighted by Crippen LogP contribution is 2.15. The fraction of sp³-hybridized carbons (Fsp3) is 0.231. The third-order valence-electron chi connectivity index (χ3n) is 2.61. The van der Waals surface area contributed by atoms with E-state index in [1.807, 2.05) is 10.8 Å². The number of hydrogen-bond donors (Lipinski definition) is 1. The first kappa shape index (κ1) is 11.4. The van der Waals surface area contributed by atoms with Gasteiger partial charge in [0.1, 0.15) is 0 Å². The quantitative estimate of drug-likeness (QED) is 0.882. The van der Waals surface area contributed by atoms with Crippen molar-refractivity contribution in [3.8, 4) is 5.69 Å². The van der Waals surface area contributed by atoms with Crippen molar-refractivity contribution in [1.29, 1.82) is 0 Å². The molecule has 0 aliphatic heterocycles. The number of imidazole rings is 1. The number of carbonyl (C=O) groups is 1. The van der Waals surface area contributed by atoms with Crippen LogP contribution in [0.1, 0.15) is 35.8 Å². The first-order valence-electron chi connectivity index (χ1n) is 5.45. The van der Waals surface area contributed by atoms with Crippen LogP contribution in [0.4, 0.5) is 0 Å². The highest BCUT2D eigenvalue weighted by atomic mass is 16.4. The van der Waals surface area contributed by atoms with Gasteiger partial charge < -0.3 is 9.67 Å². The van der Waals surface area contributed by atoms with Gasteiger partial charge in [-0.15, -0.1) is 0 Å². The molecule has 2 rings (SSSR count). The maximum atomic E-state index is 10.7. The molecule has 0 radical (unpaired) electrons. The standard InChI is InChI=1S/C13H14N2O2/c1-9(2)12-7-15(8-14-12)11-5-3-10(4-6-11)13(16)17/h3-9H,1-2H3,(H,16,17). The second-order valence-corrected chi connectivity index (χ2v) is 4.21. The summed E-state index contributed by atoms with van der Waals surface area (Å²) in [5.74, 6) is -0.528. The van der Waals surface area contributed by atoms with Gasteiger partial charge in [0.2, 0.25) is 0 Å². The molecular weight excluding hydrogens is 216 g/mol. The molecule has 0 spiro atoms. The van der Waals surface area contributed by atoms with Crippen molar-refractivity contribution in [1.82, 2.24) is 9.55 Å². The third kappa shape index (κ3) is 2.36. The number of hydrogen-bond acceptors (Lipinski definition) is 2. The fourth-order valence-electron chi connectivity index (χ4n) is 1.55. The number of carboxylic acid groups (broad SMARTS) is 1. The van der Waals surface area contributed by atoms with E-state index < -0.39 is 5.97 Å². The highest BCUT2D eigenvalue weighted by molar-refractivity contribution is 5.87. The Kier molecular flexibility index (Phi) is 2.95. The zero-order chi connectivity index (χ0) is 12.4. The van der Waals surface area contributed by atoms with E-state index in [2.05, 4.69) is 18.8 Å². The van der Waals surface area contributed by atoms with Crippen LogP contribution in [0.2, 0.25) is 0 Å². The van der Waals surface area contributed by atoms with Gasteiger partial charge in [-0.05, 0) is 30.2 Å². The molecule has 0 fully saturated rings. The van der Waals surface area contributed by atoms with Crippen molar-refractivity contribution >= 4 is 5.97 Å². The molecule has 0 aliphatic rings. The number of aromatic carboxylic acids is 1. The second-order valence-electron chi connectivity index (χ2n) is 4.21. The Balaban J connectivity index is 2.30. The summed E-state index contributed by atoms with van der Waals surface area (Å²) >= 11 is 0. The van der Waals surface area contributed by atoms with E-state index in [0.29, 0.717) is 5.92 Å². The van der Waals surface area contributed by atoms with Gasteiger partial charge in [0.05, 0.1) is 17.6 Å². The number of benzene rings is 1. The molecule has 0 amide bonds. The Morgan fingerprint density at radius 3 is 2.41 bits per heavy atom. The molecule has 17 heavy (non-hydrogen) atoms. The lowest BCUT2D eigenvalue weighted by Gasteiger charge is -2.02. The predicted octanol–water partition coefficient (Wildman–Crippen LogP) is 2.69. The van der Waals surface area contributed by atoms with Crippen LogP contribution in [0.25, 0.3) is 5.69 Å². The van der Waals surface area contributed by atoms with Crippen LogP contribution in [-0.2, 0) is 0 Å². The molecule has 4 nitrogen and oxygen atoms in total. The van der Waals surface area contributed by atoms with Crippen molar-refractivity contribution in [3.63, 3.8) is 0 Å². The van der Waals surface area contributed by atoms with Crippen LogP contribution < -0.4 is 0 Å². The molecule has 0 unspecified atom stereocenters. The van der Waals surface area contributed by atoms with Crippen molar-refractivity contribution in [3.05, 3.63) is 48.0 Å². The van der Waals surface area contributed by atoms with Crippen molar-refractivity contribution < 1.29 is 9.90 Å². The average Bonchev–Trinajstić information content (AvgIpc) is 2.78. The fourth-order valence-corrected chi connectivity index (χ4v) is 1.55. The summed E-state index contributed by atoms with van der Waals surface area (Å²) in [4.78, 5) is 15.0. The van der Waals surface area contributed by atoms with Gasteiger partial charge in [0, 0.05) is 11.9 Å². The van der Waals surface area contributed by atoms with Crippen LogP contribution in [0.3, 0.4) is 0 Å². The summed E-state index contributed by atoms with van der Waals surface area (Å²) < 4.78 is 1.89. The zero-order valence-electron chi connectivity index (χ0n) is 9.79. The van der Waals surface area contributed by atoms with Crippen LogP contribution in [-0.4, -0.2) is 20.6 Å². The predicted molar refractivity (Wildman–Crippen MR) is 64.6 cm³/mol. The minimum absolute atomic E-state index is 0.290. The largest absolute Gasteiger partial charge is 0.478 e. The topological polar surface area (TPSA) is 55.1 Å². The monoisotopic (exact) mass is 230 g/mol. The molecule has 0 atom stereocenters. The Bertz CT molecular complexity index is 527. The molecule has 1 aromatic heterocycles. The van der Waals surface area contributed by atoms with Gasteiger partial charge >= 0.3 is 5.97 Å². The smallest absolute Gasteiger partial charge is 0.335 e. The molecular formula is C13H14N2O2. The van der Waals surface area contributed by atoms with Gasteiger partial charge in [-0.3, -0.25) is 0 Å². The zero-order valence-corrected chi connectivity index (χ0v) is 9.79. The Labute approximate surface area is 99.5 Å². The highest BCUT2D eigenvalue weighted by Gasteiger charge is 2.06. The molecule has 88 valence electrons. The SMILES string of the molecule is CC(C)c1cn(-c2ccc(C(=O)O)cc2)cn1. The molecule has 0 saturated heterocycles. The van der Waals surface area contributed by atoms with Gasteiger partial charge in [0.25, 0.3) is 0 Å². The van der Waals surface area contributed by atoms with Crippen LogP contribution in [0, 0.1) is 0 Å². The van der Waals surface area contributed by atoms with E-state index in [1.54, 1.807) is 30.6 Å². The second kappa shape index (κ2) is 4.41. The Morgan fingerprint density at radius 1 is 1.29 bits per heavy atom. The summed E-state index contributed by atoms with van der Waals surface area (Å²) in [6.07, 6.45) is 3.70. The van der Waals surface area contributed by atoms with E-state index in [1.165, 1.54) is 0 Å². The Hall–Kier alpha value is -2.10. The average molecular weight is 230 g/mol. The summed E-state index contributed by atoms with van der Waals surface area (Å²) in [5, 5.41) is 8.80. The molecule has 1 heterocycles. The third-order valence-corrected chi connectivity index (χ3v) is 2.61.